The fourth-order valence-electron chi connectivity index (χ4n) is 1.46. The molecule has 2 aromatic rings. The maximum atomic E-state index is 13.4. The van der Waals surface area contributed by atoms with E-state index in [0.717, 1.165) is 23.9 Å². The molecule has 98 valence electrons. The molecule has 0 fully saturated rings. The van der Waals surface area contributed by atoms with Gasteiger partial charge in [0.05, 0.1) is 17.6 Å². The number of carbonyl (C=O) groups excluding carboxylic acids is 1. The highest BCUT2D eigenvalue weighted by atomic mass is 19.1. The van der Waals surface area contributed by atoms with Gasteiger partial charge in [-0.05, 0) is 24.3 Å². The summed E-state index contributed by atoms with van der Waals surface area (Å²) < 4.78 is 26.3. The normalized spacial score (nSPS) is 10.1. The van der Waals surface area contributed by atoms with E-state index < -0.39 is 17.5 Å². The lowest BCUT2D eigenvalue weighted by Gasteiger charge is -2.06. The smallest absolute Gasteiger partial charge is 0.274 e. The maximum absolute atomic E-state index is 13.4. The number of benzene rings is 1. The molecule has 0 radical (unpaired) electrons. The predicted octanol–water partition coefficient (Wildman–Crippen LogP) is 2.65. The molecule has 2 rings (SSSR count). The first-order valence-corrected chi connectivity index (χ1v) is 5.50. The van der Waals surface area contributed by atoms with Crippen LogP contribution in [-0.2, 0) is 0 Å². The minimum absolute atomic E-state index is 0.114. The standard InChI is InChI=1S/C13H11F2N3O/c1-16-9-3-5-11(17-7-9)13(19)18-12-6-8(14)2-4-10(12)15/h2-7,16H,1H3,(H,18,19). The molecule has 0 saturated heterocycles. The van der Waals surface area contributed by atoms with Crippen molar-refractivity contribution >= 4 is 17.3 Å². The maximum Gasteiger partial charge on any atom is 0.274 e. The van der Waals surface area contributed by atoms with E-state index in [2.05, 4.69) is 15.6 Å². The number of aromatic nitrogens is 1. The summed E-state index contributed by atoms with van der Waals surface area (Å²) in [5.41, 5.74) is 0.639. The van der Waals surface area contributed by atoms with E-state index in [0.29, 0.717) is 0 Å². The number of nitrogens with one attached hydrogen (secondary N) is 2. The van der Waals surface area contributed by atoms with E-state index in [1.807, 2.05) is 0 Å². The van der Waals surface area contributed by atoms with Gasteiger partial charge in [-0.3, -0.25) is 4.79 Å². The molecule has 1 aromatic heterocycles. The number of rotatable bonds is 3. The first kappa shape index (κ1) is 12.9. The van der Waals surface area contributed by atoms with E-state index in [-0.39, 0.29) is 11.4 Å². The van der Waals surface area contributed by atoms with Crippen LogP contribution in [0.4, 0.5) is 20.2 Å². The lowest BCUT2D eigenvalue weighted by molar-refractivity contribution is 0.102. The zero-order chi connectivity index (χ0) is 13.8. The van der Waals surface area contributed by atoms with Crippen LogP contribution >= 0.6 is 0 Å². The van der Waals surface area contributed by atoms with E-state index in [1.54, 1.807) is 13.1 Å². The second-order valence-electron chi connectivity index (χ2n) is 3.76. The Morgan fingerprint density at radius 2 is 2.00 bits per heavy atom. The Bertz CT molecular complexity index is 599. The van der Waals surface area contributed by atoms with E-state index in [1.165, 1.54) is 12.3 Å². The third-order valence-corrected chi connectivity index (χ3v) is 2.46. The third kappa shape index (κ3) is 3.04. The van der Waals surface area contributed by atoms with Crippen LogP contribution < -0.4 is 10.6 Å². The average molecular weight is 263 g/mol. The molecule has 1 heterocycles. The number of carbonyl (C=O) groups is 1. The van der Waals surface area contributed by atoms with E-state index in [9.17, 15) is 13.6 Å². The van der Waals surface area contributed by atoms with Gasteiger partial charge in [0, 0.05) is 13.1 Å². The van der Waals surface area contributed by atoms with E-state index >= 15 is 0 Å². The summed E-state index contributed by atoms with van der Waals surface area (Å²) >= 11 is 0. The van der Waals surface area contributed by atoms with Crippen molar-refractivity contribution in [3.05, 3.63) is 53.9 Å². The summed E-state index contributed by atoms with van der Waals surface area (Å²) in [5.74, 6) is -1.94. The molecule has 0 spiro atoms. The van der Waals surface area contributed by atoms with Crippen LogP contribution in [-0.4, -0.2) is 17.9 Å². The first-order chi connectivity index (χ1) is 9.10. The monoisotopic (exact) mass is 263 g/mol. The van der Waals surface area contributed by atoms with Gasteiger partial charge in [0.1, 0.15) is 17.3 Å². The molecule has 19 heavy (non-hydrogen) atoms. The van der Waals surface area contributed by atoms with Crippen LogP contribution in [0.3, 0.4) is 0 Å². The van der Waals surface area contributed by atoms with Crippen molar-refractivity contribution in [1.29, 1.82) is 0 Å². The fraction of sp³-hybridized carbons (Fsp3) is 0.0769. The molecule has 4 nitrogen and oxygen atoms in total. The number of halogens is 2. The van der Waals surface area contributed by atoms with Gasteiger partial charge in [0.25, 0.3) is 5.91 Å². The molecule has 0 aliphatic heterocycles. The Balaban J connectivity index is 2.18. The molecule has 1 aromatic carbocycles. The quantitative estimate of drug-likeness (QED) is 0.895. The Hall–Kier alpha value is -2.50. The average Bonchev–Trinajstić information content (AvgIpc) is 2.43. The molecule has 1 amide bonds. The zero-order valence-corrected chi connectivity index (χ0v) is 10.1. The molecule has 0 atom stereocenters. The van der Waals surface area contributed by atoms with Gasteiger partial charge in [0.2, 0.25) is 0 Å². The second kappa shape index (κ2) is 5.43. The van der Waals surface area contributed by atoms with Gasteiger partial charge in [-0.2, -0.15) is 0 Å². The summed E-state index contributed by atoms with van der Waals surface area (Å²) in [4.78, 5) is 15.7. The molecule has 0 aliphatic carbocycles. The minimum atomic E-state index is -0.707. The molecular weight excluding hydrogens is 252 g/mol. The van der Waals surface area contributed by atoms with Crippen LogP contribution in [0.25, 0.3) is 0 Å². The number of anilines is 2. The van der Waals surface area contributed by atoms with Gasteiger partial charge < -0.3 is 10.6 Å². The predicted molar refractivity (Wildman–Crippen MR) is 68.1 cm³/mol. The second-order valence-corrected chi connectivity index (χ2v) is 3.76. The summed E-state index contributed by atoms with van der Waals surface area (Å²) in [7, 11) is 1.72. The topological polar surface area (TPSA) is 54.0 Å². The number of nitrogens with zero attached hydrogens (tertiary/aromatic N) is 1. The lowest BCUT2D eigenvalue weighted by atomic mass is 10.2. The van der Waals surface area contributed by atoms with Crippen LogP contribution in [0, 0.1) is 11.6 Å². The van der Waals surface area contributed by atoms with Crippen LogP contribution in [0.5, 0.6) is 0 Å². The molecule has 0 unspecified atom stereocenters. The molecule has 0 bridgehead atoms. The Kier molecular flexibility index (Phi) is 3.70. The highest BCUT2D eigenvalue weighted by Gasteiger charge is 2.11. The minimum Gasteiger partial charge on any atom is -0.387 e. The molecule has 2 N–H and O–H groups in total. The SMILES string of the molecule is CNc1ccc(C(=O)Nc2cc(F)ccc2F)nc1. The number of pyridine rings is 1. The largest absolute Gasteiger partial charge is 0.387 e. The highest BCUT2D eigenvalue weighted by Crippen LogP contribution is 2.16. The van der Waals surface area contributed by atoms with Crippen molar-refractivity contribution in [2.75, 3.05) is 17.7 Å². The van der Waals surface area contributed by atoms with Crippen molar-refractivity contribution in [1.82, 2.24) is 4.98 Å². The fourth-order valence-corrected chi connectivity index (χ4v) is 1.46. The summed E-state index contributed by atoms with van der Waals surface area (Å²) in [5, 5.41) is 5.12. The summed E-state index contributed by atoms with van der Waals surface area (Å²) in [6.07, 6.45) is 1.47. The number of amides is 1. The van der Waals surface area contributed by atoms with E-state index in [4.69, 9.17) is 0 Å². The molecule has 0 aliphatic rings. The summed E-state index contributed by atoms with van der Waals surface area (Å²) in [6, 6.07) is 5.98. The van der Waals surface area contributed by atoms with Crippen molar-refractivity contribution in [2.45, 2.75) is 0 Å². The Labute approximate surface area is 108 Å². The first-order valence-electron chi connectivity index (χ1n) is 5.50. The zero-order valence-electron chi connectivity index (χ0n) is 10.1. The van der Waals surface area contributed by atoms with Crippen LogP contribution in [0.15, 0.2) is 36.5 Å². The molecule has 0 saturated carbocycles. The Morgan fingerprint density at radius 1 is 1.21 bits per heavy atom. The summed E-state index contributed by atoms with van der Waals surface area (Å²) in [6.45, 7) is 0. The third-order valence-electron chi connectivity index (χ3n) is 2.46. The lowest BCUT2D eigenvalue weighted by Crippen LogP contribution is -2.14. The van der Waals surface area contributed by atoms with Crippen molar-refractivity contribution in [3.8, 4) is 0 Å². The van der Waals surface area contributed by atoms with Crippen molar-refractivity contribution in [3.63, 3.8) is 0 Å². The van der Waals surface area contributed by atoms with Gasteiger partial charge in [0.15, 0.2) is 0 Å². The highest BCUT2D eigenvalue weighted by molar-refractivity contribution is 6.03. The Morgan fingerprint density at radius 3 is 2.63 bits per heavy atom. The van der Waals surface area contributed by atoms with Crippen molar-refractivity contribution < 1.29 is 13.6 Å². The van der Waals surface area contributed by atoms with Gasteiger partial charge >= 0.3 is 0 Å². The van der Waals surface area contributed by atoms with Gasteiger partial charge in [-0.25, -0.2) is 13.8 Å². The van der Waals surface area contributed by atoms with Crippen LogP contribution in [0.2, 0.25) is 0 Å². The van der Waals surface area contributed by atoms with Crippen molar-refractivity contribution in [2.24, 2.45) is 0 Å². The molecule has 6 heteroatoms. The van der Waals surface area contributed by atoms with Gasteiger partial charge in [-0.15, -0.1) is 0 Å². The van der Waals surface area contributed by atoms with Gasteiger partial charge in [-0.1, -0.05) is 0 Å². The number of hydrogen-bond acceptors (Lipinski definition) is 3. The molecular formula is C13H11F2N3O. The number of hydrogen-bond donors (Lipinski definition) is 2. The van der Waals surface area contributed by atoms with Crippen LogP contribution in [0.1, 0.15) is 10.5 Å².